The lowest BCUT2D eigenvalue weighted by Gasteiger charge is -2.27. The molecule has 0 saturated carbocycles. The van der Waals surface area contributed by atoms with Crippen molar-refractivity contribution in [2.75, 3.05) is 12.4 Å². The summed E-state index contributed by atoms with van der Waals surface area (Å²) in [7, 11) is 1.52. The van der Waals surface area contributed by atoms with Gasteiger partial charge in [0.15, 0.2) is 6.10 Å². The molecule has 1 N–H and O–H groups in total. The van der Waals surface area contributed by atoms with Crippen LogP contribution in [0.5, 0.6) is 5.75 Å². The van der Waals surface area contributed by atoms with Gasteiger partial charge in [0.2, 0.25) is 5.91 Å². The fourth-order valence-corrected chi connectivity index (χ4v) is 2.70. The van der Waals surface area contributed by atoms with E-state index >= 15 is 0 Å². The van der Waals surface area contributed by atoms with E-state index in [0.717, 1.165) is 12.1 Å². The summed E-state index contributed by atoms with van der Waals surface area (Å²) in [5.41, 5.74) is 0.355. The van der Waals surface area contributed by atoms with E-state index < -0.39 is 23.8 Å². The molecular weight excluding hydrogens is 361 g/mol. The number of rotatable bonds is 4. The predicted octanol–water partition coefficient (Wildman–Crippen LogP) is 3.45. The molecule has 3 rings (SSSR count). The molecule has 1 aliphatic heterocycles. The molecule has 1 heterocycles. The second kappa shape index (κ2) is 7.30. The Labute approximate surface area is 153 Å². The maximum Gasteiger partial charge on any atom is 0.416 e. The van der Waals surface area contributed by atoms with Gasteiger partial charge in [0.25, 0.3) is 5.91 Å². The van der Waals surface area contributed by atoms with Crippen molar-refractivity contribution in [3.8, 4) is 5.75 Å². The fourth-order valence-electron chi connectivity index (χ4n) is 2.70. The van der Waals surface area contributed by atoms with Crippen LogP contribution in [0.15, 0.2) is 48.5 Å². The van der Waals surface area contributed by atoms with Gasteiger partial charge >= 0.3 is 6.18 Å². The number of hydrogen-bond acceptors (Lipinski definition) is 3. The minimum atomic E-state index is -4.40. The molecule has 0 saturated heterocycles. The lowest BCUT2D eigenvalue weighted by atomic mass is 10.1. The zero-order valence-electron chi connectivity index (χ0n) is 14.4. The summed E-state index contributed by atoms with van der Waals surface area (Å²) in [6.45, 7) is 0.127. The third-order valence-corrected chi connectivity index (χ3v) is 4.19. The lowest BCUT2D eigenvalue weighted by Crippen LogP contribution is -2.41. The van der Waals surface area contributed by atoms with Gasteiger partial charge in [0.05, 0.1) is 17.7 Å². The molecule has 1 atom stereocenters. The summed E-state index contributed by atoms with van der Waals surface area (Å²) in [6, 6.07) is 11.5. The number of benzene rings is 2. The maximum atomic E-state index is 12.6. The Bertz CT molecular complexity index is 850. The van der Waals surface area contributed by atoms with E-state index in [1.807, 2.05) is 0 Å². The number of hydrogen-bond donors (Lipinski definition) is 1. The molecule has 8 heteroatoms. The molecule has 27 heavy (non-hydrogen) atoms. The van der Waals surface area contributed by atoms with Crippen LogP contribution in [0.25, 0.3) is 0 Å². The van der Waals surface area contributed by atoms with Crippen LogP contribution in [-0.4, -0.2) is 29.9 Å². The molecular formula is C19H17F3N2O3. The average Bonchev–Trinajstić information content (AvgIpc) is 2.62. The Kier molecular flexibility index (Phi) is 5.07. The van der Waals surface area contributed by atoms with Crippen LogP contribution in [0, 0.1) is 0 Å². The second-order valence-corrected chi connectivity index (χ2v) is 6.24. The molecule has 0 aromatic heterocycles. The number of halogens is 3. The van der Waals surface area contributed by atoms with Gasteiger partial charge < -0.3 is 15.0 Å². The lowest BCUT2D eigenvalue weighted by molar-refractivity contribution is -0.137. The van der Waals surface area contributed by atoms with Crippen LogP contribution >= 0.6 is 0 Å². The van der Waals surface area contributed by atoms with Gasteiger partial charge in [-0.25, -0.2) is 0 Å². The van der Waals surface area contributed by atoms with Crippen molar-refractivity contribution in [2.24, 2.45) is 0 Å². The minimum absolute atomic E-state index is 0.127. The SMILES string of the molecule is CN(Cc1ccc(C(F)(F)F)cc1)C(=O)C[C@@H]1Oc2ccccc2NC1=O. The van der Waals surface area contributed by atoms with Crippen molar-refractivity contribution < 1.29 is 27.5 Å². The first-order valence-corrected chi connectivity index (χ1v) is 8.20. The Morgan fingerprint density at radius 3 is 2.48 bits per heavy atom. The highest BCUT2D eigenvalue weighted by Crippen LogP contribution is 2.30. The number of carbonyl (C=O) groups excluding carboxylic acids is 2. The Balaban J connectivity index is 1.60. The van der Waals surface area contributed by atoms with E-state index in [9.17, 15) is 22.8 Å². The summed E-state index contributed by atoms with van der Waals surface area (Å²) >= 11 is 0. The number of anilines is 1. The van der Waals surface area contributed by atoms with E-state index in [1.165, 1.54) is 24.1 Å². The number of nitrogens with zero attached hydrogens (tertiary/aromatic N) is 1. The van der Waals surface area contributed by atoms with Gasteiger partial charge in [0, 0.05) is 13.6 Å². The zero-order valence-corrected chi connectivity index (χ0v) is 14.4. The molecule has 0 bridgehead atoms. The number of amides is 2. The number of fused-ring (bicyclic) bond motifs is 1. The normalized spacial score (nSPS) is 16.1. The summed E-state index contributed by atoms with van der Waals surface area (Å²) in [5.74, 6) is -0.278. The summed E-state index contributed by atoms with van der Waals surface area (Å²) in [4.78, 5) is 25.8. The maximum absolute atomic E-state index is 12.6. The first-order chi connectivity index (χ1) is 12.7. The Hall–Kier alpha value is -3.03. The number of alkyl halides is 3. The number of para-hydroxylation sites is 2. The van der Waals surface area contributed by atoms with Crippen molar-refractivity contribution in [2.45, 2.75) is 25.2 Å². The first-order valence-electron chi connectivity index (χ1n) is 8.20. The third kappa shape index (κ3) is 4.39. The van der Waals surface area contributed by atoms with E-state index in [2.05, 4.69) is 5.32 Å². The van der Waals surface area contributed by atoms with Crippen molar-refractivity contribution in [3.63, 3.8) is 0 Å². The second-order valence-electron chi connectivity index (χ2n) is 6.24. The number of nitrogens with one attached hydrogen (secondary N) is 1. The number of carbonyl (C=O) groups is 2. The molecule has 0 unspecified atom stereocenters. The third-order valence-electron chi connectivity index (χ3n) is 4.19. The molecule has 2 amide bonds. The van der Waals surface area contributed by atoms with Crippen molar-refractivity contribution in [1.29, 1.82) is 0 Å². The van der Waals surface area contributed by atoms with Crippen LogP contribution in [-0.2, 0) is 22.3 Å². The highest BCUT2D eigenvalue weighted by molar-refractivity contribution is 5.99. The summed E-state index contributed by atoms with van der Waals surface area (Å²) < 4.78 is 43.4. The molecule has 1 aliphatic rings. The highest BCUT2D eigenvalue weighted by Gasteiger charge is 2.31. The molecule has 0 spiro atoms. The zero-order chi connectivity index (χ0) is 19.6. The monoisotopic (exact) mass is 378 g/mol. The van der Waals surface area contributed by atoms with Gasteiger partial charge in [-0.05, 0) is 29.8 Å². The van der Waals surface area contributed by atoms with Gasteiger partial charge in [-0.1, -0.05) is 24.3 Å². The van der Waals surface area contributed by atoms with Crippen molar-refractivity contribution in [1.82, 2.24) is 4.90 Å². The van der Waals surface area contributed by atoms with Gasteiger partial charge in [-0.2, -0.15) is 13.2 Å². The topological polar surface area (TPSA) is 58.6 Å². The molecule has 0 radical (unpaired) electrons. The smallest absolute Gasteiger partial charge is 0.416 e. The van der Waals surface area contributed by atoms with Crippen molar-refractivity contribution >= 4 is 17.5 Å². The average molecular weight is 378 g/mol. The number of ether oxygens (including phenoxy) is 1. The highest BCUT2D eigenvalue weighted by atomic mass is 19.4. The van der Waals surface area contributed by atoms with E-state index in [0.29, 0.717) is 17.0 Å². The quantitative estimate of drug-likeness (QED) is 0.887. The molecule has 2 aromatic rings. The first kappa shape index (κ1) is 18.8. The molecule has 0 fully saturated rings. The van der Waals surface area contributed by atoms with Gasteiger partial charge in [-0.3, -0.25) is 9.59 Å². The standard InChI is InChI=1S/C19H17F3N2O3/c1-24(11-12-6-8-13(9-7-12)19(20,21)22)17(25)10-16-18(26)23-14-4-2-3-5-15(14)27-16/h2-9,16H,10-11H2,1H3,(H,23,26)/t16-/m0/s1. The molecule has 2 aromatic carbocycles. The predicted molar refractivity (Wildman–Crippen MR) is 92.0 cm³/mol. The van der Waals surface area contributed by atoms with Gasteiger partial charge in [-0.15, -0.1) is 0 Å². The minimum Gasteiger partial charge on any atom is -0.478 e. The van der Waals surface area contributed by atoms with Crippen molar-refractivity contribution in [3.05, 3.63) is 59.7 Å². The molecule has 0 aliphatic carbocycles. The van der Waals surface area contributed by atoms with Crippen LogP contribution < -0.4 is 10.1 Å². The van der Waals surface area contributed by atoms with Crippen LogP contribution in [0.1, 0.15) is 17.5 Å². The summed E-state index contributed by atoms with van der Waals surface area (Å²) in [5, 5.41) is 2.68. The van der Waals surface area contributed by atoms with E-state index in [-0.39, 0.29) is 18.9 Å². The van der Waals surface area contributed by atoms with Crippen LogP contribution in [0.4, 0.5) is 18.9 Å². The van der Waals surface area contributed by atoms with Crippen LogP contribution in [0.3, 0.4) is 0 Å². The molecule has 5 nitrogen and oxygen atoms in total. The Morgan fingerprint density at radius 2 is 1.81 bits per heavy atom. The van der Waals surface area contributed by atoms with Gasteiger partial charge in [0.1, 0.15) is 5.75 Å². The van der Waals surface area contributed by atoms with Crippen LogP contribution in [0.2, 0.25) is 0 Å². The summed E-state index contributed by atoms with van der Waals surface area (Å²) in [6.07, 6.45) is -5.53. The fraction of sp³-hybridized carbons (Fsp3) is 0.263. The molecule has 142 valence electrons. The Morgan fingerprint density at radius 1 is 1.15 bits per heavy atom. The van der Waals surface area contributed by atoms with E-state index in [1.54, 1.807) is 24.3 Å². The largest absolute Gasteiger partial charge is 0.478 e. The van der Waals surface area contributed by atoms with E-state index in [4.69, 9.17) is 4.74 Å².